The minimum atomic E-state index is 1.01. The fraction of sp³-hybridized carbons (Fsp3) is 0.538. The Balaban J connectivity index is 2.42. The lowest BCUT2D eigenvalue weighted by molar-refractivity contribution is 0.402. The van der Waals surface area contributed by atoms with Crippen molar-refractivity contribution < 1.29 is 0 Å². The van der Waals surface area contributed by atoms with Crippen molar-refractivity contribution in [3.63, 3.8) is 0 Å². The Morgan fingerprint density at radius 1 is 1.13 bits per heavy atom. The van der Waals surface area contributed by atoms with Crippen LogP contribution in [0.15, 0.2) is 24.3 Å². The average Bonchev–Trinajstić information content (AvgIpc) is 2.20. The van der Waals surface area contributed by atoms with Crippen LogP contribution in [0, 0.1) is 0 Å². The molecule has 2 heteroatoms. The monoisotopic (exact) mass is 206 g/mol. The molecule has 1 aromatic carbocycles. The molecule has 0 saturated heterocycles. The summed E-state index contributed by atoms with van der Waals surface area (Å²) in [5, 5.41) is 3.41. The summed E-state index contributed by atoms with van der Waals surface area (Å²) in [7, 11) is 4.18. The van der Waals surface area contributed by atoms with Crippen molar-refractivity contribution in [1.29, 1.82) is 0 Å². The van der Waals surface area contributed by atoms with Gasteiger partial charge in [-0.2, -0.15) is 0 Å². The second-order valence-electron chi connectivity index (χ2n) is 4.22. The summed E-state index contributed by atoms with van der Waals surface area (Å²) >= 11 is 0. The van der Waals surface area contributed by atoms with E-state index in [1.807, 2.05) is 0 Å². The Bertz CT molecular complexity index is 264. The molecule has 1 aromatic rings. The zero-order valence-corrected chi connectivity index (χ0v) is 10.1. The second-order valence-corrected chi connectivity index (χ2v) is 4.22. The van der Waals surface area contributed by atoms with Gasteiger partial charge in [0.05, 0.1) is 0 Å². The van der Waals surface area contributed by atoms with E-state index in [0.29, 0.717) is 0 Å². The molecule has 0 fully saturated rings. The smallest absolute Gasteiger partial charge is 0.0340 e. The van der Waals surface area contributed by atoms with Crippen LogP contribution in [0.4, 0.5) is 5.69 Å². The molecule has 2 nitrogen and oxygen atoms in total. The Labute approximate surface area is 93.3 Å². The average molecular weight is 206 g/mol. The number of unbranched alkanes of at least 4 members (excludes halogenated alkanes) is 1. The van der Waals surface area contributed by atoms with Gasteiger partial charge in [-0.05, 0) is 38.2 Å². The lowest BCUT2D eigenvalue weighted by atomic mass is 10.2. The van der Waals surface area contributed by atoms with E-state index >= 15 is 0 Å². The number of anilines is 1. The number of rotatable bonds is 6. The van der Waals surface area contributed by atoms with Gasteiger partial charge in [-0.1, -0.05) is 25.5 Å². The predicted octanol–water partition coefficient (Wildman–Crippen LogP) is 2.96. The van der Waals surface area contributed by atoms with Gasteiger partial charge in [0.2, 0.25) is 0 Å². The second kappa shape index (κ2) is 6.46. The highest BCUT2D eigenvalue weighted by atomic mass is 15.0. The number of benzene rings is 1. The molecule has 15 heavy (non-hydrogen) atoms. The van der Waals surface area contributed by atoms with Gasteiger partial charge in [0.1, 0.15) is 0 Å². The van der Waals surface area contributed by atoms with Crippen LogP contribution < -0.4 is 5.32 Å². The lowest BCUT2D eigenvalue weighted by Crippen LogP contribution is -2.10. The Kier molecular flexibility index (Phi) is 5.19. The molecule has 0 aliphatic heterocycles. The van der Waals surface area contributed by atoms with Crippen molar-refractivity contribution in [3.8, 4) is 0 Å². The number of nitrogens with one attached hydrogen (secondary N) is 1. The van der Waals surface area contributed by atoms with Crippen molar-refractivity contribution >= 4 is 5.69 Å². The van der Waals surface area contributed by atoms with Gasteiger partial charge >= 0.3 is 0 Å². The van der Waals surface area contributed by atoms with Crippen LogP contribution in [-0.4, -0.2) is 25.5 Å². The third-order valence-corrected chi connectivity index (χ3v) is 2.31. The van der Waals surface area contributed by atoms with Gasteiger partial charge < -0.3 is 10.2 Å². The third kappa shape index (κ3) is 4.84. The number of hydrogen-bond acceptors (Lipinski definition) is 2. The number of hydrogen-bond donors (Lipinski definition) is 1. The summed E-state index contributed by atoms with van der Waals surface area (Å²) in [4.78, 5) is 2.18. The van der Waals surface area contributed by atoms with Crippen LogP contribution in [0.3, 0.4) is 0 Å². The molecule has 0 saturated carbocycles. The Morgan fingerprint density at radius 2 is 1.80 bits per heavy atom. The van der Waals surface area contributed by atoms with Crippen LogP contribution in [0.2, 0.25) is 0 Å². The van der Waals surface area contributed by atoms with Crippen molar-refractivity contribution in [2.45, 2.75) is 26.3 Å². The summed E-state index contributed by atoms with van der Waals surface area (Å²) < 4.78 is 0. The molecule has 84 valence electrons. The van der Waals surface area contributed by atoms with Crippen molar-refractivity contribution in [2.24, 2.45) is 0 Å². The van der Waals surface area contributed by atoms with Crippen LogP contribution in [0.25, 0.3) is 0 Å². The van der Waals surface area contributed by atoms with E-state index in [2.05, 4.69) is 55.5 Å². The van der Waals surface area contributed by atoms with Crippen molar-refractivity contribution in [3.05, 3.63) is 29.8 Å². The normalized spacial score (nSPS) is 10.7. The molecule has 0 atom stereocenters. The molecular formula is C13H22N2. The molecule has 0 aliphatic rings. The van der Waals surface area contributed by atoms with E-state index in [1.54, 1.807) is 0 Å². The minimum absolute atomic E-state index is 1.01. The number of nitrogens with zero attached hydrogens (tertiary/aromatic N) is 1. The molecule has 0 spiro atoms. The molecule has 0 unspecified atom stereocenters. The topological polar surface area (TPSA) is 15.3 Å². The van der Waals surface area contributed by atoms with Gasteiger partial charge in [0.25, 0.3) is 0 Å². The third-order valence-electron chi connectivity index (χ3n) is 2.31. The molecular weight excluding hydrogens is 184 g/mol. The first-order chi connectivity index (χ1) is 7.22. The summed E-state index contributed by atoms with van der Waals surface area (Å²) in [5.74, 6) is 0. The molecule has 0 bridgehead atoms. The van der Waals surface area contributed by atoms with E-state index < -0.39 is 0 Å². The highest BCUT2D eigenvalue weighted by molar-refractivity contribution is 5.44. The molecule has 1 N–H and O–H groups in total. The highest BCUT2D eigenvalue weighted by Gasteiger charge is 1.95. The lowest BCUT2D eigenvalue weighted by Gasteiger charge is -2.10. The van der Waals surface area contributed by atoms with E-state index in [1.165, 1.54) is 24.1 Å². The zero-order valence-electron chi connectivity index (χ0n) is 10.1. The summed E-state index contributed by atoms with van der Waals surface area (Å²) in [6, 6.07) is 8.70. The van der Waals surface area contributed by atoms with Crippen LogP contribution in [0.1, 0.15) is 25.3 Å². The molecule has 0 radical (unpaired) electrons. The van der Waals surface area contributed by atoms with Gasteiger partial charge in [-0.3, -0.25) is 0 Å². The first kappa shape index (κ1) is 12.1. The van der Waals surface area contributed by atoms with E-state index in [9.17, 15) is 0 Å². The maximum Gasteiger partial charge on any atom is 0.0340 e. The maximum absolute atomic E-state index is 3.41. The standard InChI is InChI=1S/C13H22N2/c1-4-5-10-14-13-8-6-12(7-9-13)11-15(2)3/h6-9,14H,4-5,10-11H2,1-3H3. The van der Waals surface area contributed by atoms with Gasteiger partial charge in [0, 0.05) is 18.8 Å². The largest absolute Gasteiger partial charge is 0.385 e. The molecule has 0 aromatic heterocycles. The Morgan fingerprint density at radius 3 is 2.33 bits per heavy atom. The van der Waals surface area contributed by atoms with E-state index in [0.717, 1.165) is 13.1 Å². The van der Waals surface area contributed by atoms with Gasteiger partial charge in [-0.15, -0.1) is 0 Å². The predicted molar refractivity (Wildman–Crippen MR) is 67.2 cm³/mol. The summed E-state index contributed by atoms with van der Waals surface area (Å²) in [6.07, 6.45) is 2.48. The molecule has 1 rings (SSSR count). The first-order valence-corrected chi connectivity index (χ1v) is 5.70. The van der Waals surface area contributed by atoms with Crippen LogP contribution >= 0.6 is 0 Å². The maximum atomic E-state index is 3.41. The van der Waals surface area contributed by atoms with Crippen molar-refractivity contribution in [1.82, 2.24) is 4.90 Å². The fourth-order valence-corrected chi connectivity index (χ4v) is 1.50. The summed E-state index contributed by atoms with van der Waals surface area (Å²) in [6.45, 7) is 4.29. The molecule has 0 heterocycles. The van der Waals surface area contributed by atoms with Gasteiger partial charge in [-0.25, -0.2) is 0 Å². The SMILES string of the molecule is CCCCNc1ccc(CN(C)C)cc1. The van der Waals surface area contributed by atoms with E-state index in [-0.39, 0.29) is 0 Å². The highest BCUT2D eigenvalue weighted by Crippen LogP contribution is 2.10. The van der Waals surface area contributed by atoms with E-state index in [4.69, 9.17) is 0 Å². The zero-order chi connectivity index (χ0) is 11.1. The van der Waals surface area contributed by atoms with Crippen molar-refractivity contribution in [2.75, 3.05) is 26.0 Å². The molecule has 0 amide bonds. The van der Waals surface area contributed by atoms with Gasteiger partial charge in [0.15, 0.2) is 0 Å². The summed E-state index contributed by atoms with van der Waals surface area (Å²) in [5.41, 5.74) is 2.59. The fourth-order valence-electron chi connectivity index (χ4n) is 1.50. The first-order valence-electron chi connectivity index (χ1n) is 5.70. The van der Waals surface area contributed by atoms with Crippen LogP contribution in [-0.2, 0) is 6.54 Å². The van der Waals surface area contributed by atoms with Crippen LogP contribution in [0.5, 0.6) is 0 Å². The minimum Gasteiger partial charge on any atom is -0.385 e. The molecule has 0 aliphatic carbocycles. The quantitative estimate of drug-likeness (QED) is 0.720. The Hall–Kier alpha value is -1.02.